The highest BCUT2D eigenvalue weighted by molar-refractivity contribution is 7.07. The van der Waals surface area contributed by atoms with Crippen molar-refractivity contribution in [2.45, 2.75) is 0 Å². The van der Waals surface area contributed by atoms with Crippen LogP contribution in [0.3, 0.4) is 0 Å². The molecule has 0 saturated carbocycles. The number of benzene rings is 1. The number of nitrogens with one attached hydrogen (secondary N) is 1. The number of nitrogens with zero attached hydrogens (tertiary/aromatic N) is 2. The summed E-state index contributed by atoms with van der Waals surface area (Å²) in [5.41, 5.74) is 1.12. The number of aromatic amines is 1. The van der Waals surface area contributed by atoms with Crippen molar-refractivity contribution in [2.24, 2.45) is 7.05 Å². The van der Waals surface area contributed by atoms with Gasteiger partial charge in [-0.25, -0.2) is 0 Å². The third-order valence-corrected chi connectivity index (χ3v) is 4.31. The van der Waals surface area contributed by atoms with E-state index in [1.54, 1.807) is 54.5 Å². The van der Waals surface area contributed by atoms with E-state index in [0.29, 0.717) is 19.8 Å². The molecule has 5 nitrogen and oxygen atoms in total. The minimum absolute atomic E-state index is 0.188. The SMILES string of the molecule is Cn1cc(/C=c2\s/c(=C\C(=O)c3ccc(Cl)cc3)[nH]c2=O)cn1. The Morgan fingerprint density at radius 1 is 1.35 bits per heavy atom. The van der Waals surface area contributed by atoms with Gasteiger partial charge in [0.25, 0.3) is 5.56 Å². The number of thiazole rings is 1. The fourth-order valence-corrected chi connectivity index (χ4v) is 3.02. The summed E-state index contributed by atoms with van der Waals surface area (Å²) in [6.45, 7) is 0. The molecule has 2 aromatic heterocycles. The van der Waals surface area contributed by atoms with E-state index in [0.717, 1.165) is 5.56 Å². The first-order valence-corrected chi connectivity index (χ1v) is 7.92. The van der Waals surface area contributed by atoms with Crippen LogP contribution in [0.4, 0.5) is 0 Å². The zero-order valence-corrected chi connectivity index (χ0v) is 13.7. The van der Waals surface area contributed by atoms with E-state index in [-0.39, 0.29) is 11.3 Å². The Kier molecular flexibility index (Phi) is 4.27. The zero-order valence-electron chi connectivity index (χ0n) is 12.1. The number of aromatic nitrogens is 3. The van der Waals surface area contributed by atoms with Crippen LogP contribution in [-0.2, 0) is 7.05 Å². The molecule has 0 atom stereocenters. The lowest BCUT2D eigenvalue weighted by Crippen LogP contribution is -2.19. The first kappa shape index (κ1) is 15.5. The number of aryl methyl sites for hydroxylation is 1. The molecule has 0 bridgehead atoms. The lowest BCUT2D eigenvalue weighted by atomic mass is 10.1. The van der Waals surface area contributed by atoms with E-state index in [4.69, 9.17) is 11.6 Å². The van der Waals surface area contributed by atoms with E-state index in [1.807, 2.05) is 0 Å². The summed E-state index contributed by atoms with van der Waals surface area (Å²) in [4.78, 5) is 26.8. The molecule has 3 rings (SSSR count). The number of hydrogen-bond acceptors (Lipinski definition) is 4. The normalized spacial score (nSPS) is 12.8. The van der Waals surface area contributed by atoms with Crippen LogP contribution in [0, 0.1) is 0 Å². The lowest BCUT2D eigenvalue weighted by Gasteiger charge is -1.94. The zero-order chi connectivity index (χ0) is 16.4. The molecule has 0 radical (unpaired) electrons. The van der Waals surface area contributed by atoms with Gasteiger partial charge in [-0.15, -0.1) is 11.3 Å². The van der Waals surface area contributed by atoms with Gasteiger partial charge in [-0.1, -0.05) is 11.6 Å². The Morgan fingerprint density at radius 3 is 2.74 bits per heavy atom. The monoisotopic (exact) mass is 345 g/mol. The number of H-pyrrole nitrogens is 1. The lowest BCUT2D eigenvalue weighted by molar-refractivity contribution is 0.106. The van der Waals surface area contributed by atoms with Crippen LogP contribution in [0.1, 0.15) is 15.9 Å². The van der Waals surface area contributed by atoms with Crippen LogP contribution >= 0.6 is 22.9 Å². The molecule has 0 unspecified atom stereocenters. The van der Waals surface area contributed by atoms with E-state index < -0.39 is 0 Å². The number of halogens is 1. The van der Waals surface area contributed by atoms with Crippen molar-refractivity contribution in [1.82, 2.24) is 14.8 Å². The van der Waals surface area contributed by atoms with Crippen LogP contribution in [0.5, 0.6) is 0 Å². The summed E-state index contributed by atoms with van der Waals surface area (Å²) in [7, 11) is 1.81. The van der Waals surface area contributed by atoms with Crippen molar-refractivity contribution >= 4 is 40.9 Å². The van der Waals surface area contributed by atoms with Crippen LogP contribution in [0.15, 0.2) is 41.5 Å². The molecule has 0 aliphatic carbocycles. The summed E-state index contributed by atoms with van der Waals surface area (Å²) in [6, 6.07) is 6.61. The predicted octanol–water partition coefficient (Wildman–Crippen LogP) is 1.32. The number of carbonyl (C=O) groups excluding carboxylic acids is 1. The maximum atomic E-state index is 12.2. The Labute approximate surface area is 140 Å². The Hall–Kier alpha value is -2.44. The molecular formula is C16H12ClN3O2S. The van der Waals surface area contributed by atoms with E-state index in [1.165, 1.54) is 17.4 Å². The minimum Gasteiger partial charge on any atom is -0.313 e. The fourth-order valence-electron chi connectivity index (χ4n) is 2.01. The maximum absolute atomic E-state index is 12.2. The third-order valence-electron chi connectivity index (χ3n) is 3.09. The van der Waals surface area contributed by atoms with E-state index in [2.05, 4.69) is 10.1 Å². The number of hydrogen-bond donors (Lipinski definition) is 1. The Balaban J connectivity index is 1.97. The van der Waals surface area contributed by atoms with Crippen molar-refractivity contribution < 1.29 is 4.79 Å². The topological polar surface area (TPSA) is 67.8 Å². The fraction of sp³-hybridized carbons (Fsp3) is 0.0625. The standard InChI is InChI=1S/C16H12ClN3O2S/c1-20-9-10(8-18-20)6-14-16(22)19-15(23-14)7-13(21)11-2-4-12(17)5-3-11/h2-9H,1H3,(H,19,22)/b14-6-,15-7-. The summed E-state index contributed by atoms with van der Waals surface area (Å²) >= 11 is 7.03. The summed E-state index contributed by atoms with van der Waals surface area (Å²) in [6.07, 6.45) is 6.62. The summed E-state index contributed by atoms with van der Waals surface area (Å²) in [5, 5.41) is 4.62. The van der Waals surface area contributed by atoms with Crippen molar-refractivity contribution in [3.8, 4) is 0 Å². The minimum atomic E-state index is -0.228. The van der Waals surface area contributed by atoms with Gasteiger partial charge in [0.1, 0.15) is 0 Å². The molecule has 116 valence electrons. The van der Waals surface area contributed by atoms with Gasteiger partial charge >= 0.3 is 0 Å². The molecule has 1 N–H and O–H groups in total. The van der Waals surface area contributed by atoms with Gasteiger partial charge in [0, 0.05) is 35.5 Å². The second kappa shape index (κ2) is 6.36. The molecular weight excluding hydrogens is 334 g/mol. The number of Topliss-reactive ketones (excluding diaryl/α,β-unsaturated/α-hetero) is 1. The molecule has 2 heterocycles. The van der Waals surface area contributed by atoms with Crippen LogP contribution in [-0.4, -0.2) is 20.5 Å². The van der Waals surface area contributed by atoms with Gasteiger partial charge in [-0.3, -0.25) is 14.3 Å². The Bertz CT molecular complexity index is 1030. The molecule has 0 aliphatic rings. The van der Waals surface area contributed by atoms with E-state index >= 15 is 0 Å². The van der Waals surface area contributed by atoms with Gasteiger partial charge in [-0.2, -0.15) is 5.10 Å². The number of rotatable bonds is 3. The van der Waals surface area contributed by atoms with Gasteiger partial charge in [0.15, 0.2) is 5.78 Å². The van der Waals surface area contributed by atoms with Gasteiger partial charge in [-0.05, 0) is 30.3 Å². The smallest absolute Gasteiger partial charge is 0.266 e. The van der Waals surface area contributed by atoms with Crippen LogP contribution < -0.4 is 14.8 Å². The summed E-state index contributed by atoms with van der Waals surface area (Å²) in [5.74, 6) is -0.188. The first-order chi connectivity index (χ1) is 11.0. The highest BCUT2D eigenvalue weighted by Gasteiger charge is 2.03. The molecule has 23 heavy (non-hydrogen) atoms. The van der Waals surface area contributed by atoms with Crippen LogP contribution in [0.2, 0.25) is 5.02 Å². The van der Waals surface area contributed by atoms with Crippen molar-refractivity contribution in [3.05, 3.63) is 72.4 Å². The van der Waals surface area contributed by atoms with Gasteiger partial charge in [0.2, 0.25) is 0 Å². The molecule has 0 aliphatic heterocycles. The third kappa shape index (κ3) is 3.67. The van der Waals surface area contributed by atoms with Crippen molar-refractivity contribution in [3.63, 3.8) is 0 Å². The second-order valence-electron chi connectivity index (χ2n) is 4.89. The number of carbonyl (C=O) groups is 1. The average molecular weight is 346 g/mol. The number of ketones is 1. The van der Waals surface area contributed by atoms with Gasteiger partial charge < -0.3 is 4.98 Å². The quantitative estimate of drug-likeness (QED) is 0.728. The predicted molar refractivity (Wildman–Crippen MR) is 91.2 cm³/mol. The molecule has 0 saturated heterocycles. The molecule has 0 spiro atoms. The highest BCUT2D eigenvalue weighted by Crippen LogP contribution is 2.10. The van der Waals surface area contributed by atoms with E-state index in [9.17, 15) is 9.59 Å². The van der Waals surface area contributed by atoms with Crippen molar-refractivity contribution in [2.75, 3.05) is 0 Å². The Morgan fingerprint density at radius 2 is 2.09 bits per heavy atom. The molecule has 3 aromatic rings. The van der Waals surface area contributed by atoms with Crippen LogP contribution in [0.25, 0.3) is 12.2 Å². The van der Waals surface area contributed by atoms with Crippen molar-refractivity contribution in [1.29, 1.82) is 0 Å². The molecule has 0 fully saturated rings. The molecule has 1 aromatic carbocycles. The summed E-state index contributed by atoms with van der Waals surface area (Å²) < 4.78 is 2.68. The molecule has 7 heteroatoms. The first-order valence-electron chi connectivity index (χ1n) is 6.72. The largest absolute Gasteiger partial charge is 0.313 e. The average Bonchev–Trinajstić information content (AvgIpc) is 3.06. The highest BCUT2D eigenvalue weighted by atomic mass is 35.5. The maximum Gasteiger partial charge on any atom is 0.266 e. The second-order valence-corrected chi connectivity index (χ2v) is 6.41. The van der Waals surface area contributed by atoms with Gasteiger partial charge in [0.05, 0.1) is 15.4 Å². The molecule has 0 amide bonds.